The number of hydrogen-bond acceptors (Lipinski definition) is 4. The Bertz CT molecular complexity index is 870. The van der Waals surface area contributed by atoms with E-state index in [0.29, 0.717) is 0 Å². The summed E-state index contributed by atoms with van der Waals surface area (Å²) in [5.74, 6) is -3.01. The molecule has 144 valence electrons. The fourth-order valence-electron chi connectivity index (χ4n) is 2.06. The van der Waals surface area contributed by atoms with E-state index in [2.05, 4.69) is 4.74 Å². The first-order valence-corrected chi connectivity index (χ1v) is 7.67. The maximum atomic E-state index is 13.8. The van der Waals surface area contributed by atoms with Crippen LogP contribution in [0.4, 0.5) is 23.2 Å². The molecule has 0 aliphatic heterocycles. The van der Waals surface area contributed by atoms with E-state index in [1.807, 2.05) is 5.32 Å². The Hall–Kier alpha value is -2.81. The molecule has 0 atom stereocenters. The molecule has 0 bridgehead atoms. The Kier molecular flexibility index (Phi) is 6.27. The molecule has 1 N–H and O–H groups in total. The smallest absolute Gasteiger partial charge is 0.418 e. The van der Waals surface area contributed by atoms with E-state index >= 15 is 0 Å². The predicted octanol–water partition coefficient (Wildman–Crippen LogP) is 4.30. The number of rotatable bonds is 5. The van der Waals surface area contributed by atoms with Gasteiger partial charge in [0, 0.05) is 6.07 Å². The van der Waals surface area contributed by atoms with Gasteiger partial charge >= 0.3 is 12.1 Å². The third-order valence-electron chi connectivity index (χ3n) is 3.31. The molecular formula is C17H12ClF4NO4. The van der Waals surface area contributed by atoms with Crippen LogP contribution >= 0.6 is 11.6 Å². The number of methoxy groups -OCH3 is 1. The van der Waals surface area contributed by atoms with Crippen LogP contribution in [-0.2, 0) is 15.7 Å². The lowest BCUT2D eigenvalue weighted by Gasteiger charge is -2.15. The molecule has 2 aromatic rings. The van der Waals surface area contributed by atoms with Crippen molar-refractivity contribution in [2.24, 2.45) is 0 Å². The zero-order valence-electron chi connectivity index (χ0n) is 13.7. The highest BCUT2D eigenvalue weighted by Crippen LogP contribution is 2.38. The second-order valence-electron chi connectivity index (χ2n) is 5.13. The van der Waals surface area contributed by atoms with Gasteiger partial charge in [0.2, 0.25) is 0 Å². The highest BCUT2D eigenvalue weighted by molar-refractivity contribution is 6.34. The highest BCUT2D eigenvalue weighted by atomic mass is 35.5. The van der Waals surface area contributed by atoms with Gasteiger partial charge in [-0.1, -0.05) is 17.7 Å². The van der Waals surface area contributed by atoms with Crippen molar-refractivity contribution in [2.75, 3.05) is 19.0 Å². The van der Waals surface area contributed by atoms with Gasteiger partial charge in [-0.3, -0.25) is 4.79 Å². The number of esters is 1. The van der Waals surface area contributed by atoms with Crippen molar-refractivity contribution < 1.29 is 36.6 Å². The molecule has 27 heavy (non-hydrogen) atoms. The topological polar surface area (TPSA) is 64.6 Å². The summed E-state index contributed by atoms with van der Waals surface area (Å²) in [6.07, 6.45) is -4.75. The molecule has 0 saturated carbocycles. The number of alkyl halides is 3. The number of benzene rings is 2. The van der Waals surface area contributed by atoms with Gasteiger partial charge in [-0.15, -0.1) is 0 Å². The fraction of sp³-hybridized carbons (Fsp3) is 0.176. The van der Waals surface area contributed by atoms with Gasteiger partial charge in [-0.25, -0.2) is 9.18 Å². The van der Waals surface area contributed by atoms with Gasteiger partial charge in [0.05, 0.1) is 28.9 Å². The average molecular weight is 406 g/mol. The zero-order valence-corrected chi connectivity index (χ0v) is 14.4. The van der Waals surface area contributed by atoms with Crippen molar-refractivity contribution in [1.82, 2.24) is 0 Å². The highest BCUT2D eigenvalue weighted by Gasteiger charge is 2.34. The van der Waals surface area contributed by atoms with Crippen molar-refractivity contribution in [1.29, 1.82) is 0 Å². The summed E-state index contributed by atoms with van der Waals surface area (Å²) in [5.41, 5.74) is -2.28. The molecule has 0 radical (unpaired) electrons. The Morgan fingerprint density at radius 2 is 1.89 bits per heavy atom. The van der Waals surface area contributed by atoms with E-state index < -0.39 is 47.3 Å². The summed E-state index contributed by atoms with van der Waals surface area (Å²) in [6.45, 7) is -0.938. The summed E-state index contributed by atoms with van der Waals surface area (Å²) in [6, 6.07) is 6.30. The van der Waals surface area contributed by atoms with Gasteiger partial charge in [0.1, 0.15) is 11.6 Å². The van der Waals surface area contributed by atoms with E-state index in [-0.39, 0.29) is 10.8 Å². The van der Waals surface area contributed by atoms with Gasteiger partial charge in [0.25, 0.3) is 5.91 Å². The van der Waals surface area contributed by atoms with Crippen LogP contribution in [0.5, 0.6) is 5.75 Å². The average Bonchev–Trinajstić information content (AvgIpc) is 2.60. The van der Waals surface area contributed by atoms with Crippen molar-refractivity contribution in [3.05, 3.63) is 58.4 Å². The Morgan fingerprint density at radius 3 is 2.48 bits per heavy atom. The first kappa shape index (κ1) is 20.5. The van der Waals surface area contributed by atoms with Crippen LogP contribution in [0, 0.1) is 5.82 Å². The van der Waals surface area contributed by atoms with Crippen LogP contribution in [-0.4, -0.2) is 25.6 Å². The van der Waals surface area contributed by atoms with Gasteiger partial charge in [0.15, 0.2) is 6.61 Å². The molecule has 0 spiro atoms. The summed E-state index contributed by atoms with van der Waals surface area (Å²) >= 11 is 5.70. The largest absolute Gasteiger partial charge is 0.497 e. The Morgan fingerprint density at radius 1 is 1.19 bits per heavy atom. The molecule has 0 aliphatic carbocycles. The number of para-hydroxylation sites is 1. The molecule has 2 rings (SSSR count). The second-order valence-corrected chi connectivity index (χ2v) is 5.54. The van der Waals surface area contributed by atoms with Crippen LogP contribution in [0.15, 0.2) is 36.4 Å². The van der Waals surface area contributed by atoms with Crippen LogP contribution in [0.3, 0.4) is 0 Å². The standard InChI is InChI=1S/C17H12ClF4NO4/c1-26-9-5-6-10(13(19)7-9)16(25)27-8-14(24)23-15-11(17(20,21)22)3-2-4-12(15)18/h2-7H,8H2,1H3,(H,23,24). The number of anilines is 1. The van der Waals surface area contributed by atoms with Crippen LogP contribution in [0.2, 0.25) is 5.02 Å². The second kappa shape index (κ2) is 8.26. The molecule has 1 amide bonds. The lowest BCUT2D eigenvalue weighted by Crippen LogP contribution is -2.23. The molecule has 2 aromatic carbocycles. The number of halogens is 5. The van der Waals surface area contributed by atoms with Crippen molar-refractivity contribution >= 4 is 29.2 Å². The number of carbonyl (C=O) groups excluding carboxylic acids is 2. The maximum Gasteiger partial charge on any atom is 0.418 e. The minimum Gasteiger partial charge on any atom is -0.497 e. The van der Waals surface area contributed by atoms with Crippen molar-refractivity contribution in [2.45, 2.75) is 6.18 Å². The van der Waals surface area contributed by atoms with Crippen LogP contribution in [0.25, 0.3) is 0 Å². The normalized spacial score (nSPS) is 11.0. The molecule has 0 heterocycles. The number of hydrogen-bond donors (Lipinski definition) is 1. The minimum absolute atomic E-state index is 0.167. The molecule has 10 heteroatoms. The van der Waals surface area contributed by atoms with Gasteiger partial charge < -0.3 is 14.8 Å². The SMILES string of the molecule is COc1ccc(C(=O)OCC(=O)Nc2c(Cl)cccc2C(F)(F)F)c(F)c1. The van der Waals surface area contributed by atoms with Crippen molar-refractivity contribution in [3.8, 4) is 5.75 Å². The Labute approximate surface area is 155 Å². The summed E-state index contributed by atoms with van der Waals surface area (Å²) in [7, 11) is 1.31. The van der Waals surface area contributed by atoms with Crippen LogP contribution < -0.4 is 10.1 Å². The first-order valence-electron chi connectivity index (χ1n) is 7.29. The van der Waals surface area contributed by atoms with E-state index in [1.54, 1.807) is 0 Å². The molecule has 0 aliphatic rings. The van der Waals surface area contributed by atoms with E-state index in [0.717, 1.165) is 30.3 Å². The molecule has 5 nitrogen and oxygen atoms in total. The predicted molar refractivity (Wildman–Crippen MR) is 88.3 cm³/mol. The Balaban J connectivity index is 2.06. The van der Waals surface area contributed by atoms with Crippen molar-refractivity contribution in [3.63, 3.8) is 0 Å². The summed E-state index contributed by atoms with van der Waals surface area (Å²) in [5, 5.41) is 1.60. The number of ether oxygens (including phenoxy) is 2. The van der Waals surface area contributed by atoms with E-state index in [9.17, 15) is 27.2 Å². The van der Waals surface area contributed by atoms with Gasteiger partial charge in [-0.2, -0.15) is 13.2 Å². The third kappa shape index (κ3) is 5.10. The third-order valence-corrected chi connectivity index (χ3v) is 3.63. The van der Waals surface area contributed by atoms with E-state index in [4.69, 9.17) is 16.3 Å². The number of carbonyl (C=O) groups is 2. The lowest BCUT2D eigenvalue weighted by atomic mass is 10.1. The first-order chi connectivity index (χ1) is 12.6. The molecule has 0 fully saturated rings. The molecule has 0 unspecified atom stereocenters. The zero-order chi connectivity index (χ0) is 20.2. The number of amides is 1. The number of nitrogens with one attached hydrogen (secondary N) is 1. The monoisotopic (exact) mass is 405 g/mol. The molecule has 0 aromatic heterocycles. The van der Waals surface area contributed by atoms with Gasteiger partial charge in [-0.05, 0) is 24.3 Å². The molecular weight excluding hydrogens is 394 g/mol. The molecule has 0 saturated heterocycles. The minimum atomic E-state index is -4.75. The summed E-state index contributed by atoms with van der Waals surface area (Å²) < 4.78 is 62.1. The summed E-state index contributed by atoms with van der Waals surface area (Å²) in [4.78, 5) is 23.7. The lowest BCUT2D eigenvalue weighted by molar-refractivity contribution is -0.137. The fourth-order valence-corrected chi connectivity index (χ4v) is 2.28. The maximum absolute atomic E-state index is 13.8. The van der Waals surface area contributed by atoms with Crippen LogP contribution in [0.1, 0.15) is 15.9 Å². The quantitative estimate of drug-likeness (QED) is 0.595. The van der Waals surface area contributed by atoms with E-state index in [1.165, 1.54) is 13.2 Å².